The van der Waals surface area contributed by atoms with E-state index in [1.54, 1.807) is 0 Å². The first-order valence-corrected chi connectivity index (χ1v) is 7.02. The van der Waals surface area contributed by atoms with Crippen molar-refractivity contribution in [2.24, 2.45) is 5.92 Å². The van der Waals surface area contributed by atoms with Gasteiger partial charge in [-0.15, -0.1) is 0 Å². The van der Waals surface area contributed by atoms with E-state index in [4.69, 9.17) is 0 Å². The molecule has 0 aromatic rings. The predicted molar refractivity (Wildman–Crippen MR) is 71.9 cm³/mol. The third-order valence-electron chi connectivity index (χ3n) is 3.39. The van der Waals surface area contributed by atoms with Gasteiger partial charge in [-0.3, -0.25) is 9.69 Å². The zero-order valence-corrected chi connectivity index (χ0v) is 11.8. The van der Waals surface area contributed by atoms with E-state index < -0.39 is 0 Å². The highest BCUT2D eigenvalue weighted by molar-refractivity contribution is 5.76. The molecule has 0 bridgehead atoms. The molecule has 1 aliphatic heterocycles. The normalized spacial score (nSPS) is 22.8. The Labute approximate surface area is 106 Å². The molecule has 3 nitrogen and oxygen atoms in total. The van der Waals surface area contributed by atoms with Crippen molar-refractivity contribution >= 4 is 5.91 Å². The van der Waals surface area contributed by atoms with Crippen LogP contribution in [0.25, 0.3) is 0 Å². The van der Waals surface area contributed by atoms with Crippen LogP contribution in [0.1, 0.15) is 53.4 Å². The highest BCUT2D eigenvalue weighted by Gasteiger charge is 2.21. The molecule has 0 radical (unpaired) electrons. The van der Waals surface area contributed by atoms with Crippen molar-refractivity contribution in [3.05, 3.63) is 0 Å². The Bertz CT molecular complexity index is 238. The van der Waals surface area contributed by atoms with Crippen molar-refractivity contribution in [2.75, 3.05) is 13.1 Å². The molecule has 1 unspecified atom stereocenters. The lowest BCUT2D eigenvalue weighted by atomic mass is 10.1. The van der Waals surface area contributed by atoms with Crippen molar-refractivity contribution < 1.29 is 4.79 Å². The van der Waals surface area contributed by atoms with E-state index >= 15 is 0 Å². The van der Waals surface area contributed by atoms with Crippen LogP contribution in [-0.2, 0) is 4.79 Å². The number of hydrogen-bond donors (Lipinski definition) is 1. The van der Waals surface area contributed by atoms with Crippen LogP contribution in [0.15, 0.2) is 0 Å². The fourth-order valence-corrected chi connectivity index (χ4v) is 2.42. The van der Waals surface area contributed by atoms with Crippen LogP contribution in [0.5, 0.6) is 0 Å². The minimum atomic E-state index is 0.218. The summed E-state index contributed by atoms with van der Waals surface area (Å²) in [6.45, 7) is 10.8. The van der Waals surface area contributed by atoms with E-state index in [0.29, 0.717) is 24.4 Å². The Morgan fingerprint density at radius 3 is 2.59 bits per heavy atom. The van der Waals surface area contributed by atoms with Crippen LogP contribution >= 0.6 is 0 Å². The lowest BCUT2D eigenvalue weighted by Gasteiger charge is -2.28. The maximum atomic E-state index is 11.8. The Hall–Kier alpha value is -0.570. The number of amides is 1. The van der Waals surface area contributed by atoms with E-state index in [2.05, 4.69) is 37.9 Å². The van der Waals surface area contributed by atoms with Crippen LogP contribution in [0.3, 0.4) is 0 Å². The third kappa shape index (κ3) is 5.53. The first kappa shape index (κ1) is 14.5. The Balaban J connectivity index is 2.43. The van der Waals surface area contributed by atoms with Crippen molar-refractivity contribution in [2.45, 2.75) is 65.5 Å². The van der Waals surface area contributed by atoms with Gasteiger partial charge in [-0.05, 0) is 39.2 Å². The Morgan fingerprint density at radius 2 is 2.00 bits per heavy atom. The summed E-state index contributed by atoms with van der Waals surface area (Å²) in [6, 6.07) is 0.934. The molecule has 0 aromatic heterocycles. The van der Waals surface area contributed by atoms with Crippen molar-refractivity contribution in [3.8, 4) is 0 Å². The quantitative estimate of drug-likeness (QED) is 0.818. The highest BCUT2D eigenvalue weighted by atomic mass is 16.1. The summed E-state index contributed by atoms with van der Waals surface area (Å²) in [5.41, 5.74) is 0. The summed E-state index contributed by atoms with van der Waals surface area (Å²) in [5, 5.41) is 3.19. The molecular formula is C14H28N2O. The molecular weight excluding hydrogens is 212 g/mol. The van der Waals surface area contributed by atoms with Gasteiger partial charge in [-0.1, -0.05) is 20.3 Å². The molecule has 100 valence electrons. The van der Waals surface area contributed by atoms with Gasteiger partial charge < -0.3 is 5.32 Å². The van der Waals surface area contributed by atoms with E-state index in [9.17, 15) is 4.79 Å². The number of nitrogens with one attached hydrogen (secondary N) is 1. The fraction of sp³-hybridized carbons (Fsp3) is 0.929. The smallest absolute Gasteiger partial charge is 0.220 e. The molecule has 1 N–H and O–H groups in total. The molecule has 0 saturated carbocycles. The monoisotopic (exact) mass is 240 g/mol. The molecule has 0 aromatic carbocycles. The summed E-state index contributed by atoms with van der Waals surface area (Å²) in [7, 11) is 0. The molecule has 1 rings (SSSR count). The van der Waals surface area contributed by atoms with E-state index in [0.717, 1.165) is 13.0 Å². The average molecular weight is 240 g/mol. The van der Waals surface area contributed by atoms with Crippen LogP contribution in [0.2, 0.25) is 0 Å². The SMILES string of the molecule is CC(C)CC(=O)NC1CCCCN(C(C)C)C1. The van der Waals surface area contributed by atoms with Gasteiger partial charge in [-0.2, -0.15) is 0 Å². The van der Waals surface area contributed by atoms with Crippen LogP contribution in [0.4, 0.5) is 0 Å². The van der Waals surface area contributed by atoms with E-state index in [-0.39, 0.29) is 5.91 Å². The molecule has 0 aliphatic carbocycles. The number of nitrogens with zero attached hydrogens (tertiary/aromatic N) is 1. The summed E-state index contributed by atoms with van der Waals surface area (Å²) in [4.78, 5) is 14.3. The van der Waals surface area contributed by atoms with Gasteiger partial charge in [0, 0.05) is 25.0 Å². The maximum absolute atomic E-state index is 11.8. The largest absolute Gasteiger partial charge is 0.352 e. The number of likely N-dealkylation sites (tertiary alicyclic amines) is 1. The molecule has 1 fully saturated rings. The Morgan fingerprint density at radius 1 is 1.29 bits per heavy atom. The second kappa shape index (κ2) is 7.00. The maximum Gasteiger partial charge on any atom is 0.220 e. The van der Waals surface area contributed by atoms with Crippen molar-refractivity contribution in [3.63, 3.8) is 0 Å². The average Bonchev–Trinajstić information content (AvgIpc) is 2.41. The third-order valence-corrected chi connectivity index (χ3v) is 3.39. The van der Waals surface area contributed by atoms with Gasteiger partial charge in [0.15, 0.2) is 0 Å². The first-order valence-electron chi connectivity index (χ1n) is 7.02. The topological polar surface area (TPSA) is 32.3 Å². The highest BCUT2D eigenvalue weighted by Crippen LogP contribution is 2.13. The van der Waals surface area contributed by atoms with Crippen molar-refractivity contribution in [1.29, 1.82) is 0 Å². The summed E-state index contributed by atoms with van der Waals surface area (Å²) >= 11 is 0. The molecule has 1 atom stereocenters. The first-order chi connectivity index (χ1) is 7.99. The van der Waals surface area contributed by atoms with Gasteiger partial charge in [-0.25, -0.2) is 0 Å². The van der Waals surface area contributed by atoms with Gasteiger partial charge >= 0.3 is 0 Å². The molecule has 17 heavy (non-hydrogen) atoms. The molecule has 0 spiro atoms. The molecule has 1 saturated heterocycles. The predicted octanol–water partition coefficient (Wildman–Crippen LogP) is 2.41. The van der Waals surface area contributed by atoms with Crippen LogP contribution in [0, 0.1) is 5.92 Å². The van der Waals surface area contributed by atoms with Gasteiger partial charge in [0.1, 0.15) is 0 Å². The van der Waals surface area contributed by atoms with Gasteiger partial charge in [0.25, 0.3) is 0 Å². The zero-order chi connectivity index (χ0) is 12.8. The zero-order valence-electron chi connectivity index (χ0n) is 11.8. The van der Waals surface area contributed by atoms with Crippen molar-refractivity contribution in [1.82, 2.24) is 10.2 Å². The van der Waals surface area contributed by atoms with E-state index in [1.807, 2.05) is 0 Å². The fourth-order valence-electron chi connectivity index (χ4n) is 2.42. The van der Waals surface area contributed by atoms with E-state index in [1.165, 1.54) is 19.4 Å². The molecule has 1 aliphatic rings. The molecule has 1 heterocycles. The Kier molecular flexibility index (Phi) is 5.96. The molecule has 3 heteroatoms. The minimum absolute atomic E-state index is 0.218. The lowest BCUT2D eigenvalue weighted by molar-refractivity contribution is -0.122. The minimum Gasteiger partial charge on any atom is -0.352 e. The number of carbonyl (C=O) groups excluding carboxylic acids is 1. The summed E-state index contributed by atoms with van der Waals surface area (Å²) in [5.74, 6) is 0.664. The van der Waals surface area contributed by atoms with Crippen LogP contribution in [-0.4, -0.2) is 36.0 Å². The number of hydrogen-bond acceptors (Lipinski definition) is 2. The molecule has 1 amide bonds. The standard InChI is InChI=1S/C14H28N2O/c1-11(2)9-14(17)15-13-7-5-6-8-16(10-13)12(3)4/h11-13H,5-10H2,1-4H3,(H,15,17). The second-order valence-electron chi connectivity index (χ2n) is 5.95. The number of rotatable bonds is 4. The number of carbonyl (C=O) groups is 1. The van der Waals surface area contributed by atoms with Gasteiger partial charge in [0.05, 0.1) is 0 Å². The second-order valence-corrected chi connectivity index (χ2v) is 5.95. The summed E-state index contributed by atoms with van der Waals surface area (Å²) < 4.78 is 0. The summed E-state index contributed by atoms with van der Waals surface area (Å²) in [6.07, 6.45) is 4.27. The lowest BCUT2D eigenvalue weighted by Crippen LogP contribution is -2.44. The van der Waals surface area contributed by atoms with Crippen LogP contribution < -0.4 is 5.32 Å². The van der Waals surface area contributed by atoms with Gasteiger partial charge in [0.2, 0.25) is 5.91 Å².